The highest BCUT2D eigenvalue weighted by molar-refractivity contribution is 5.77. The van der Waals surface area contributed by atoms with Gasteiger partial charge in [0.1, 0.15) is 12.4 Å². The third kappa shape index (κ3) is 5.03. The third-order valence-corrected chi connectivity index (χ3v) is 3.23. The topological polar surface area (TPSA) is 95.9 Å². The van der Waals surface area contributed by atoms with Gasteiger partial charge in [-0.1, -0.05) is 42.5 Å². The second kappa shape index (κ2) is 7.84. The van der Waals surface area contributed by atoms with Crippen LogP contribution < -0.4 is 5.32 Å². The van der Waals surface area contributed by atoms with Crippen molar-refractivity contribution < 1.29 is 24.5 Å². The fourth-order valence-electron chi connectivity index (χ4n) is 2.05. The first-order valence-electron chi connectivity index (χ1n) is 7.02. The molecule has 0 saturated heterocycles. The quantitative estimate of drug-likeness (QED) is 0.761. The highest BCUT2D eigenvalue weighted by Crippen LogP contribution is 2.20. The van der Waals surface area contributed by atoms with Gasteiger partial charge in [0.2, 0.25) is 0 Å². The Morgan fingerprint density at radius 3 is 2.48 bits per heavy atom. The van der Waals surface area contributed by atoms with E-state index in [1.54, 1.807) is 12.1 Å². The van der Waals surface area contributed by atoms with Crippen molar-refractivity contribution >= 4 is 12.1 Å². The van der Waals surface area contributed by atoms with E-state index in [-0.39, 0.29) is 18.9 Å². The number of amides is 1. The Hall–Kier alpha value is -3.02. The van der Waals surface area contributed by atoms with Gasteiger partial charge in [-0.2, -0.15) is 0 Å². The molecule has 0 aromatic heterocycles. The molecule has 0 bridgehead atoms. The number of aliphatic carboxylic acids is 1. The molecule has 2 rings (SSSR count). The van der Waals surface area contributed by atoms with Crippen molar-refractivity contribution in [2.24, 2.45) is 0 Å². The smallest absolute Gasteiger partial charge is 0.407 e. The van der Waals surface area contributed by atoms with Crippen LogP contribution in [0.5, 0.6) is 5.75 Å². The van der Waals surface area contributed by atoms with Gasteiger partial charge in [-0.25, -0.2) is 4.79 Å². The first-order chi connectivity index (χ1) is 11.1. The molecule has 6 heteroatoms. The Morgan fingerprint density at radius 1 is 1.09 bits per heavy atom. The minimum Gasteiger partial charge on any atom is -0.508 e. The van der Waals surface area contributed by atoms with Crippen LogP contribution >= 0.6 is 0 Å². The molecule has 6 nitrogen and oxygen atoms in total. The lowest BCUT2D eigenvalue weighted by molar-refractivity contribution is -0.138. The normalized spacial score (nSPS) is 11.5. The van der Waals surface area contributed by atoms with Crippen LogP contribution in [-0.4, -0.2) is 28.8 Å². The second-order valence-electron chi connectivity index (χ2n) is 4.93. The van der Waals surface area contributed by atoms with Crippen molar-refractivity contribution in [2.75, 3.05) is 6.54 Å². The maximum absolute atomic E-state index is 11.7. The monoisotopic (exact) mass is 315 g/mol. The predicted octanol–water partition coefficient (Wildman–Crippen LogP) is 2.49. The van der Waals surface area contributed by atoms with Gasteiger partial charge in [0.15, 0.2) is 0 Å². The van der Waals surface area contributed by atoms with Crippen LogP contribution in [0.15, 0.2) is 54.6 Å². The summed E-state index contributed by atoms with van der Waals surface area (Å²) in [5.74, 6) is -2.09. The molecule has 3 N–H and O–H groups in total. The summed E-state index contributed by atoms with van der Waals surface area (Å²) in [6.45, 7) is -0.0249. The van der Waals surface area contributed by atoms with Gasteiger partial charge in [-0.15, -0.1) is 0 Å². The van der Waals surface area contributed by atoms with Crippen LogP contribution in [0.3, 0.4) is 0 Å². The standard InChI is InChI=1S/C17H17NO5/c19-14-8-4-7-13(9-14)15(16(20)21)10-18-17(22)23-11-12-5-2-1-3-6-12/h1-9,15,19H,10-11H2,(H,18,22)(H,20,21). The average molecular weight is 315 g/mol. The number of nitrogens with one attached hydrogen (secondary N) is 1. The Kier molecular flexibility index (Phi) is 5.57. The lowest BCUT2D eigenvalue weighted by Crippen LogP contribution is -2.32. The molecular weight excluding hydrogens is 298 g/mol. The number of carboxylic acid groups (broad SMARTS) is 1. The van der Waals surface area contributed by atoms with Gasteiger partial charge in [-0.3, -0.25) is 4.79 Å². The van der Waals surface area contributed by atoms with Gasteiger partial charge < -0.3 is 20.3 Å². The van der Waals surface area contributed by atoms with E-state index in [0.29, 0.717) is 5.56 Å². The minimum atomic E-state index is -1.10. The van der Waals surface area contributed by atoms with E-state index in [1.165, 1.54) is 12.1 Å². The molecule has 0 saturated carbocycles. The third-order valence-electron chi connectivity index (χ3n) is 3.23. The Bertz CT molecular complexity index is 672. The molecule has 2 aromatic rings. The van der Waals surface area contributed by atoms with Gasteiger partial charge in [0.25, 0.3) is 0 Å². The molecule has 0 heterocycles. The zero-order valence-corrected chi connectivity index (χ0v) is 12.3. The van der Waals surface area contributed by atoms with Crippen molar-refractivity contribution in [2.45, 2.75) is 12.5 Å². The number of hydrogen-bond acceptors (Lipinski definition) is 4. The van der Waals surface area contributed by atoms with E-state index in [2.05, 4.69) is 5.32 Å². The van der Waals surface area contributed by atoms with Gasteiger partial charge in [0.05, 0.1) is 5.92 Å². The number of benzene rings is 2. The first-order valence-corrected chi connectivity index (χ1v) is 7.02. The first kappa shape index (κ1) is 16.4. The van der Waals surface area contributed by atoms with Gasteiger partial charge >= 0.3 is 12.1 Å². The maximum Gasteiger partial charge on any atom is 0.407 e. The summed E-state index contributed by atoms with van der Waals surface area (Å²) in [5.41, 5.74) is 1.24. The van der Waals surface area contributed by atoms with Crippen LogP contribution in [0.25, 0.3) is 0 Å². The number of carbonyl (C=O) groups excluding carboxylic acids is 1. The fourth-order valence-corrected chi connectivity index (χ4v) is 2.05. The zero-order valence-electron chi connectivity index (χ0n) is 12.3. The summed E-state index contributed by atoms with van der Waals surface area (Å²) in [6, 6.07) is 15.1. The van der Waals surface area contributed by atoms with E-state index in [0.717, 1.165) is 5.56 Å². The summed E-state index contributed by atoms with van der Waals surface area (Å²) in [5, 5.41) is 21.1. The van der Waals surface area contributed by atoms with Crippen LogP contribution in [0, 0.1) is 0 Å². The fraction of sp³-hybridized carbons (Fsp3) is 0.176. The summed E-state index contributed by atoms with van der Waals surface area (Å²) in [6.07, 6.45) is -0.694. The summed E-state index contributed by atoms with van der Waals surface area (Å²) >= 11 is 0. The highest BCUT2D eigenvalue weighted by atomic mass is 16.5. The summed E-state index contributed by atoms with van der Waals surface area (Å²) in [4.78, 5) is 23.0. The summed E-state index contributed by atoms with van der Waals surface area (Å²) < 4.78 is 5.03. The molecular formula is C17H17NO5. The van der Waals surface area contributed by atoms with Crippen molar-refractivity contribution in [1.29, 1.82) is 0 Å². The molecule has 0 aliphatic heterocycles. The molecule has 1 amide bonds. The lowest BCUT2D eigenvalue weighted by Gasteiger charge is -2.14. The van der Waals surface area contributed by atoms with Crippen molar-refractivity contribution in [3.8, 4) is 5.75 Å². The molecule has 0 aliphatic carbocycles. The number of aromatic hydroxyl groups is 1. The molecule has 0 aliphatic rings. The number of rotatable bonds is 6. The van der Waals surface area contributed by atoms with E-state index >= 15 is 0 Å². The van der Waals surface area contributed by atoms with Crippen molar-refractivity contribution in [3.63, 3.8) is 0 Å². The zero-order chi connectivity index (χ0) is 16.7. The average Bonchev–Trinajstić information content (AvgIpc) is 2.54. The Balaban J connectivity index is 1.89. The van der Waals surface area contributed by atoms with Crippen molar-refractivity contribution in [3.05, 3.63) is 65.7 Å². The molecule has 0 fully saturated rings. The number of alkyl carbamates (subject to hydrolysis) is 1. The number of ether oxygens (including phenoxy) is 1. The molecule has 2 aromatic carbocycles. The maximum atomic E-state index is 11.7. The Morgan fingerprint density at radius 2 is 1.83 bits per heavy atom. The molecule has 1 unspecified atom stereocenters. The van der Waals surface area contributed by atoms with E-state index < -0.39 is 18.0 Å². The highest BCUT2D eigenvalue weighted by Gasteiger charge is 2.21. The number of carbonyl (C=O) groups is 2. The van der Waals surface area contributed by atoms with Crippen LogP contribution in [0.1, 0.15) is 17.0 Å². The number of hydrogen-bond donors (Lipinski definition) is 3. The molecule has 1 atom stereocenters. The van der Waals surface area contributed by atoms with E-state index in [4.69, 9.17) is 4.74 Å². The second-order valence-corrected chi connectivity index (χ2v) is 4.93. The number of phenols is 1. The van der Waals surface area contributed by atoms with Crippen LogP contribution in [0.2, 0.25) is 0 Å². The van der Waals surface area contributed by atoms with Gasteiger partial charge in [0, 0.05) is 6.54 Å². The number of carboxylic acids is 1. The number of phenolic OH excluding ortho intramolecular Hbond substituents is 1. The lowest BCUT2D eigenvalue weighted by atomic mass is 9.99. The molecule has 23 heavy (non-hydrogen) atoms. The van der Waals surface area contributed by atoms with Crippen LogP contribution in [0.4, 0.5) is 4.79 Å². The Labute approximate surface area is 133 Å². The van der Waals surface area contributed by atoms with Crippen molar-refractivity contribution in [1.82, 2.24) is 5.32 Å². The summed E-state index contributed by atoms with van der Waals surface area (Å²) in [7, 11) is 0. The molecule has 0 radical (unpaired) electrons. The SMILES string of the molecule is O=C(NCC(C(=O)O)c1cccc(O)c1)OCc1ccccc1. The minimum absolute atomic E-state index is 0.0274. The van der Waals surface area contributed by atoms with E-state index in [9.17, 15) is 19.8 Å². The molecule has 0 spiro atoms. The van der Waals surface area contributed by atoms with E-state index in [1.807, 2.05) is 30.3 Å². The molecule has 120 valence electrons. The largest absolute Gasteiger partial charge is 0.508 e. The van der Waals surface area contributed by atoms with Gasteiger partial charge in [-0.05, 0) is 23.3 Å². The predicted molar refractivity (Wildman–Crippen MR) is 83.1 cm³/mol. The van der Waals surface area contributed by atoms with Crippen LogP contribution in [-0.2, 0) is 16.1 Å².